The van der Waals surface area contributed by atoms with Crippen molar-refractivity contribution in [3.05, 3.63) is 65.2 Å². The summed E-state index contributed by atoms with van der Waals surface area (Å²) in [5.74, 6) is 0. The van der Waals surface area contributed by atoms with Gasteiger partial charge in [0.15, 0.2) is 0 Å². The van der Waals surface area contributed by atoms with Crippen LogP contribution < -0.4 is 4.50 Å². The molecule has 2 nitrogen and oxygen atoms in total. The van der Waals surface area contributed by atoms with Crippen LogP contribution in [-0.4, -0.2) is 5.11 Å². The van der Waals surface area contributed by atoms with E-state index in [1.54, 1.807) is 0 Å². The molecule has 0 aliphatic heterocycles. The fraction of sp³-hybridized carbons (Fsp3) is 0.600. The summed E-state index contributed by atoms with van der Waals surface area (Å²) in [6.07, 6.45) is 19.5. The van der Waals surface area contributed by atoms with Crippen molar-refractivity contribution in [3.8, 4) is 0 Å². The molecular formula is C30H46CoO2. The van der Waals surface area contributed by atoms with E-state index in [2.05, 4.69) is 19.1 Å². The molecule has 2 aromatic rings. The molecule has 0 fully saturated rings. The topological polar surface area (TPSA) is 37.3 Å². The second-order valence-corrected chi connectivity index (χ2v) is 11.3. The minimum atomic E-state index is -1.35. The van der Waals surface area contributed by atoms with E-state index in [0.29, 0.717) is 0 Å². The molecule has 0 atom stereocenters. The second kappa shape index (κ2) is 18.1. The molecule has 33 heavy (non-hydrogen) atoms. The van der Waals surface area contributed by atoms with Crippen molar-refractivity contribution in [2.45, 2.75) is 115 Å². The van der Waals surface area contributed by atoms with Gasteiger partial charge in [0.1, 0.15) is 0 Å². The quantitative estimate of drug-likeness (QED) is 0.198. The van der Waals surface area contributed by atoms with Gasteiger partial charge < -0.3 is 0 Å². The van der Waals surface area contributed by atoms with Gasteiger partial charge in [0.2, 0.25) is 0 Å². The van der Waals surface area contributed by atoms with Crippen LogP contribution in [0, 0.1) is 0 Å². The van der Waals surface area contributed by atoms with Crippen molar-refractivity contribution in [2.75, 3.05) is 0 Å². The first-order valence-electron chi connectivity index (χ1n) is 13.3. The summed E-state index contributed by atoms with van der Waals surface area (Å²) in [6.45, 7) is 2.27. The van der Waals surface area contributed by atoms with Crippen LogP contribution in [0.15, 0.2) is 48.5 Å². The minimum absolute atomic E-state index is 0.00232. The van der Waals surface area contributed by atoms with E-state index in [-0.39, 0.29) is 6.61 Å². The summed E-state index contributed by atoms with van der Waals surface area (Å²) in [4.78, 5) is 0. The second-order valence-electron chi connectivity index (χ2n) is 9.25. The molecule has 1 N–H and O–H groups in total. The first kappa shape index (κ1) is 27.9. The monoisotopic (exact) mass is 497 g/mol. The van der Waals surface area contributed by atoms with E-state index in [9.17, 15) is 8.97 Å². The van der Waals surface area contributed by atoms with Crippen LogP contribution in [0.2, 0.25) is 5.36 Å². The predicted octanol–water partition coefficient (Wildman–Crippen LogP) is 8.26. The Bertz CT molecular complexity index is 772. The summed E-state index contributed by atoms with van der Waals surface area (Å²) in [7, 11) is 0. The van der Waals surface area contributed by atoms with E-state index in [0.717, 1.165) is 33.8 Å². The fourth-order valence-electron chi connectivity index (χ4n) is 4.32. The van der Waals surface area contributed by atoms with Crippen molar-refractivity contribution in [1.82, 2.24) is 0 Å². The zero-order valence-corrected chi connectivity index (χ0v) is 21.9. The van der Waals surface area contributed by atoms with Gasteiger partial charge in [-0.3, -0.25) is 0 Å². The molecule has 0 aromatic heterocycles. The first-order valence-corrected chi connectivity index (χ1v) is 15.0. The van der Waals surface area contributed by atoms with Crippen molar-refractivity contribution < 1.29 is 22.6 Å². The Balaban J connectivity index is 1.55. The van der Waals surface area contributed by atoms with Crippen molar-refractivity contribution >= 4 is 4.50 Å². The molecule has 3 heteroatoms. The number of aliphatic hydroxyl groups is 1. The fourth-order valence-corrected chi connectivity index (χ4v) is 5.84. The van der Waals surface area contributed by atoms with Gasteiger partial charge in [-0.25, -0.2) is 0 Å². The normalized spacial score (nSPS) is 11.6. The molecule has 0 spiro atoms. The van der Waals surface area contributed by atoms with Gasteiger partial charge >= 0.3 is 181 Å². The van der Waals surface area contributed by atoms with Crippen LogP contribution in [0.5, 0.6) is 0 Å². The van der Waals surface area contributed by atoms with E-state index >= 15 is 0 Å². The molecule has 0 amide bonds. The molecule has 0 unspecified atom stereocenters. The summed E-state index contributed by atoms with van der Waals surface area (Å²) in [5, 5.41) is 10.6. The molecule has 2 aromatic carbocycles. The van der Waals surface area contributed by atoms with Gasteiger partial charge in [0.05, 0.1) is 0 Å². The number of benzene rings is 2. The number of hydrogen-bond donors (Lipinski definition) is 1. The standard InChI is InChI=1S/C16H33.C14H13O.Co.O/c1-3-5-7-9-11-13-15-16-14-12-10-8-6-4-2;15-11-14-9-5-4-8-13(14)10-12-6-2-1-3-7-12;;/h1,3-16H2,2H3;1-4,6-9,15H,10-11H2;;. The molecular weight excluding hydrogens is 451 g/mol. The Labute approximate surface area is 207 Å². The third-order valence-electron chi connectivity index (χ3n) is 6.40. The molecule has 0 heterocycles. The Morgan fingerprint density at radius 1 is 0.667 bits per heavy atom. The van der Waals surface area contributed by atoms with Crippen LogP contribution in [0.25, 0.3) is 0 Å². The van der Waals surface area contributed by atoms with Gasteiger partial charge in [-0.15, -0.1) is 0 Å². The molecule has 0 saturated heterocycles. The Morgan fingerprint density at radius 2 is 1.21 bits per heavy atom. The Hall–Kier alpha value is -1.29. The molecule has 0 aliphatic carbocycles. The van der Waals surface area contributed by atoms with Crippen molar-refractivity contribution in [2.24, 2.45) is 0 Å². The molecule has 2 rings (SSSR count). The number of unbranched alkanes of at least 4 members (excludes halogenated alkanes) is 13. The predicted molar refractivity (Wildman–Crippen MR) is 137 cm³/mol. The van der Waals surface area contributed by atoms with Gasteiger partial charge in [-0.1, -0.05) is 26.2 Å². The summed E-state index contributed by atoms with van der Waals surface area (Å²) in [6, 6.07) is 16.3. The maximum atomic E-state index is 12.8. The number of rotatable bonds is 19. The number of hydrogen-bond acceptors (Lipinski definition) is 2. The van der Waals surface area contributed by atoms with Crippen LogP contribution in [0.1, 0.15) is 114 Å². The van der Waals surface area contributed by atoms with Gasteiger partial charge in [-0.2, -0.15) is 0 Å². The molecule has 0 aliphatic rings. The first-order chi connectivity index (χ1) is 16.2. The van der Waals surface area contributed by atoms with Crippen molar-refractivity contribution in [3.63, 3.8) is 0 Å². The average molecular weight is 498 g/mol. The van der Waals surface area contributed by atoms with E-state index < -0.39 is 13.6 Å². The molecule has 0 saturated carbocycles. The third kappa shape index (κ3) is 12.1. The zero-order chi connectivity index (χ0) is 23.6. The van der Waals surface area contributed by atoms with Crippen LogP contribution >= 0.6 is 0 Å². The van der Waals surface area contributed by atoms with E-state index in [4.69, 9.17) is 0 Å². The van der Waals surface area contributed by atoms with E-state index in [1.165, 1.54) is 89.0 Å². The third-order valence-corrected chi connectivity index (χ3v) is 8.23. The molecule has 187 valence electrons. The van der Waals surface area contributed by atoms with Crippen LogP contribution in [0.4, 0.5) is 0 Å². The van der Waals surface area contributed by atoms with Crippen molar-refractivity contribution in [1.29, 1.82) is 0 Å². The molecule has 0 bridgehead atoms. The van der Waals surface area contributed by atoms with Crippen LogP contribution in [-0.2, 0) is 30.5 Å². The van der Waals surface area contributed by atoms with Gasteiger partial charge in [0, 0.05) is 0 Å². The zero-order valence-electron chi connectivity index (χ0n) is 20.8. The number of aliphatic hydroxyl groups excluding tert-OH is 1. The van der Waals surface area contributed by atoms with Gasteiger partial charge in [-0.05, 0) is 0 Å². The van der Waals surface area contributed by atoms with Crippen LogP contribution in [0.3, 0.4) is 0 Å². The SMILES string of the molecule is CCCCCCCCCCCCCCC[CH2][Co](=[O])[c]1ccc(Cc2ccccc2)c(CO)c1. The maximum absolute atomic E-state index is 12.8. The summed E-state index contributed by atoms with van der Waals surface area (Å²) in [5.41, 5.74) is 3.25. The summed E-state index contributed by atoms with van der Waals surface area (Å²) >= 11 is -1.35. The van der Waals surface area contributed by atoms with E-state index in [1.807, 2.05) is 36.4 Å². The molecule has 0 radical (unpaired) electrons. The Kier molecular flexibility index (Phi) is 15.3. The average Bonchev–Trinajstić information content (AvgIpc) is 2.85. The Morgan fingerprint density at radius 3 is 1.76 bits per heavy atom. The summed E-state index contributed by atoms with van der Waals surface area (Å²) < 4.78 is 13.7. The van der Waals surface area contributed by atoms with Gasteiger partial charge in [0.25, 0.3) is 0 Å².